The molecule has 1 saturated carbocycles. The van der Waals surface area contributed by atoms with E-state index in [0.717, 1.165) is 0 Å². The van der Waals surface area contributed by atoms with E-state index in [2.05, 4.69) is 10.3 Å². The molecule has 1 aliphatic carbocycles. The second-order valence-electron chi connectivity index (χ2n) is 4.61. The molecule has 1 fully saturated rings. The van der Waals surface area contributed by atoms with Crippen LogP contribution in [0.4, 0.5) is 4.79 Å². The van der Waals surface area contributed by atoms with E-state index in [1.165, 1.54) is 20.2 Å². The van der Waals surface area contributed by atoms with Crippen molar-refractivity contribution in [1.29, 1.82) is 0 Å². The predicted octanol–water partition coefficient (Wildman–Crippen LogP) is 1.47. The average molecular weight is 280 g/mol. The number of carbonyl (C=O) groups is 2. The molecule has 0 saturated heterocycles. The third-order valence-corrected chi connectivity index (χ3v) is 3.15. The van der Waals surface area contributed by atoms with E-state index in [0.29, 0.717) is 24.2 Å². The van der Waals surface area contributed by atoms with Crippen molar-refractivity contribution >= 4 is 11.9 Å². The Kier molecular flexibility index (Phi) is 4.07. The van der Waals surface area contributed by atoms with E-state index in [1.807, 2.05) is 0 Å². The highest BCUT2D eigenvalue weighted by atomic mass is 16.5. The van der Waals surface area contributed by atoms with Gasteiger partial charge >= 0.3 is 6.09 Å². The predicted molar refractivity (Wildman–Crippen MR) is 69.4 cm³/mol. The number of amides is 1. The Hall–Kier alpha value is -2.31. The van der Waals surface area contributed by atoms with E-state index in [9.17, 15) is 9.59 Å². The third-order valence-electron chi connectivity index (χ3n) is 3.15. The Morgan fingerprint density at radius 2 is 2.15 bits per heavy atom. The maximum absolute atomic E-state index is 11.7. The van der Waals surface area contributed by atoms with Gasteiger partial charge in [-0.3, -0.25) is 4.79 Å². The number of nitrogens with one attached hydrogen (secondary N) is 1. The van der Waals surface area contributed by atoms with E-state index >= 15 is 0 Å². The Morgan fingerprint density at radius 1 is 1.45 bits per heavy atom. The zero-order valence-electron chi connectivity index (χ0n) is 11.3. The number of rotatable bonds is 5. The van der Waals surface area contributed by atoms with Gasteiger partial charge in [0, 0.05) is 25.1 Å². The Bertz CT molecular complexity index is 525. The van der Waals surface area contributed by atoms with Crippen LogP contribution in [0.2, 0.25) is 0 Å². The summed E-state index contributed by atoms with van der Waals surface area (Å²) >= 11 is 0. The van der Waals surface area contributed by atoms with Gasteiger partial charge in [0.2, 0.25) is 5.88 Å². The molecule has 0 radical (unpaired) electrons. The van der Waals surface area contributed by atoms with Gasteiger partial charge in [0.15, 0.2) is 5.78 Å². The summed E-state index contributed by atoms with van der Waals surface area (Å²) in [6, 6.07) is 1.49. The highest BCUT2D eigenvalue weighted by Crippen LogP contribution is 2.31. The van der Waals surface area contributed by atoms with Crippen LogP contribution in [0.1, 0.15) is 30.1 Å². The van der Waals surface area contributed by atoms with Gasteiger partial charge in [-0.2, -0.15) is 0 Å². The maximum Gasteiger partial charge on any atom is 0.404 e. The van der Waals surface area contributed by atoms with Crippen molar-refractivity contribution < 1.29 is 24.2 Å². The fraction of sp³-hybridized carbons (Fsp3) is 0.462. The Labute approximate surface area is 115 Å². The van der Waals surface area contributed by atoms with Crippen LogP contribution in [-0.2, 0) is 0 Å². The number of hydrogen-bond donors (Lipinski definition) is 2. The Morgan fingerprint density at radius 3 is 2.70 bits per heavy atom. The molecule has 0 spiro atoms. The minimum absolute atomic E-state index is 0.108. The minimum atomic E-state index is -1.04. The summed E-state index contributed by atoms with van der Waals surface area (Å²) in [6.07, 6.45) is 1.43. The lowest BCUT2D eigenvalue weighted by molar-refractivity contribution is 0.0768. The van der Waals surface area contributed by atoms with E-state index in [1.54, 1.807) is 6.07 Å². The largest absolute Gasteiger partial charge is 0.496 e. The summed E-state index contributed by atoms with van der Waals surface area (Å²) in [5, 5.41) is 11.0. The van der Waals surface area contributed by atoms with Crippen LogP contribution >= 0.6 is 0 Å². The van der Waals surface area contributed by atoms with Crippen molar-refractivity contribution in [1.82, 2.24) is 10.3 Å². The molecule has 1 aromatic heterocycles. The number of ether oxygens (including phenoxy) is 2. The Balaban J connectivity index is 2.04. The molecule has 7 heteroatoms. The smallest absolute Gasteiger partial charge is 0.404 e. The number of hydrogen-bond acceptors (Lipinski definition) is 5. The molecule has 1 amide bonds. The number of pyridine rings is 1. The number of methoxy groups -OCH3 is 1. The third kappa shape index (κ3) is 2.98. The monoisotopic (exact) mass is 280 g/mol. The molecule has 0 aromatic carbocycles. The molecule has 7 nitrogen and oxygen atoms in total. The molecule has 2 N–H and O–H groups in total. The summed E-state index contributed by atoms with van der Waals surface area (Å²) < 4.78 is 10.8. The first-order valence-corrected chi connectivity index (χ1v) is 6.21. The fourth-order valence-corrected chi connectivity index (χ4v) is 2.12. The lowest BCUT2D eigenvalue weighted by atomic mass is 9.89. The lowest BCUT2D eigenvalue weighted by Gasteiger charge is -2.34. The van der Waals surface area contributed by atoms with Crippen molar-refractivity contribution in [2.75, 3.05) is 7.11 Å². The highest BCUT2D eigenvalue weighted by Gasteiger charge is 2.33. The summed E-state index contributed by atoms with van der Waals surface area (Å²) in [6.45, 7) is 1.42. The van der Waals surface area contributed by atoms with Gasteiger partial charge < -0.3 is 19.9 Å². The number of aromatic nitrogens is 1. The van der Waals surface area contributed by atoms with Crippen LogP contribution in [-0.4, -0.2) is 41.2 Å². The molecule has 20 heavy (non-hydrogen) atoms. The summed E-state index contributed by atoms with van der Waals surface area (Å²) in [5.41, 5.74) is 0.310. The quantitative estimate of drug-likeness (QED) is 0.793. The van der Waals surface area contributed by atoms with Crippen LogP contribution in [0.15, 0.2) is 12.3 Å². The molecule has 1 aliphatic rings. The molecule has 0 atom stereocenters. The molecule has 0 aliphatic heterocycles. The van der Waals surface area contributed by atoms with Gasteiger partial charge in [-0.1, -0.05) is 0 Å². The van der Waals surface area contributed by atoms with Crippen LogP contribution in [0, 0.1) is 0 Å². The molecular formula is C13H16N2O5. The maximum atomic E-state index is 11.7. The van der Waals surface area contributed by atoms with Crippen molar-refractivity contribution in [2.24, 2.45) is 0 Å². The van der Waals surface area contributed by atoms with Gasteiger partial charge in [0.25, 0.3) is 0 Å². The summed E-state index contributed by atoms with van der Waals surface area (Å²) in [4.78, 5) is 26.2. The van der Waals surface area contributed by atoms with Gasteiger partial charge in [0.1, 0.15) is 17.4 Å². The topological polar surface area (TPSA) is 97.8 Å². The fourth-order valence-electron chi connectivity index (χ4n) is 2.12. The SMILES string of the molecule is COc1ccnc(OC2CC(NC(=O)O)C2)c1C(C)=O. The number of carbonyl (C=O) groups excluding carboxylic acids is 1. The molecule has 1 heterocycles. The van der Waals surface area contributed by atoms with Gasteiger partial charge in [-0.25, -0.2) is 9.78 Å². The van der Waals surface area contributed by atoms with Crippen LogP contribution in [0.5, 0.6) is 11.6 Å². The zero-order valence-corrected chi connectivity index (χ0v) is 11.3. The van der Waals surface area contributed by atoms with Gasteiger partial charge in [-0.05, 0) is 13.0 Å². The summed E-state index contributed by atoms with van der Waals surface area (Å²) in [5.74, 6) is 0.460. The normalized spacial score (nSPS) is 20.7. The lowest BCUT2D eigenvalue weighted by Crippen LogP contribution is -2.48. The first kappa shape index (κ1) is 14.1. The summed E-state index contributed by atoms with van der Waals surface area (Å²) in [7, 11) is 1.47. The highest BCUT2D eigenvalue weighted by molar-refractivity contribution is 5.99. The molecule has 108 valence electrons. The van der Waals surface area contributed by atoms with Gasteiger partial charge in [-0.15, -0.1) is 0 Å². The van der Waals surface area contributed by atoms with Crippen molar-refractivity contribution in [3.63, 3.8) is 0 Å². The van der Waals surface area contributed by atoms with E-state index in [4.69, 9.17) is 14.6 Å². The van der Waals surface area contributed by atoms with E-state index < -0.39 is 6.09 Å². The number of nitrogens with zero attached hydrogens (tertiary/aromatic N) is 1. The number of Topliss-reactive ketones (excluding diaryl/α,β-unsaturated/α-hetero) is 1. The second kappa shape index (κ2) is 5.77. The molecule has 1 aromatic rings. The standard InChI is InChI=1S/C13H16N2O5/c1-7(16)11-10(19-2)3-4-14-12(11)20-9-5-8(6-9)15-13(17)18/h3-4,8-9,15H,5-6H2,1-2H3,(H,17,18). The zero-order chi connectivity index (χ0) is 14.7. The van der Waals surface area contributed by atoms with Crippen molar-refractivity contribution in [2.45, 2.75) is 31.9 Å². The molecule has 0 unspecified atom stereocenters. The first-order chi connectivity index (χ1) is 9.51. The number of carboxylic acid groups (broad SMARTS) is 1. The van der Waals surface area contributed by atoms with Crippen LogP contribution in [0.25, 0.3) is 0 Å². The van der Waals surface area contributed by atoms with Gasteiger partial charge in [0.05, 0.1) is 7.11 Å². The average Bonchev–Trinajstić information content (AvgIpc) is 2.34. The van der Waals surface area contributed by atoms with Crippen molar-refractivity contribution in [3.8, 4) is 11.6 Å². The molecule has 0 bridgehead atoms. The van der Waals surface area contributed by atoms with Crippen LogP contribution in [0.3, 0.4) is 0 Å². The first-order valence-electron chi connectivity index (χ1n) is 6.21. The second-order valence-corrected chi connectivity index (χ2v) is 4.61. The number of ketones is 1. The minimum Gasteiger partial charge on any atom is -0.496 e. The van der Waals surface area contributed by atoms with Crippen LogP contribution < -0.4 is 14.8 Å². The molecular weight excluding hydrogens is 264 g/mol. The molecule has 2 rings (SSSR count). The van der Waals surface area contributed by atoms with E-state index in [-0.39, 0.29) is 23.8 Å². The van der Waals surface area contributed by atoms with Crippen molar-refractivity contribution in [3.05, 3.63) is 17.8 Å².